The van der Waals surface area contributed by atoms with Gasteiger partial charge in [-0.25, -0.2) is 0 Å². The lowest BCUT2D eigenvalue weighted by Crippen LogP contribution is -2.50. The van der Waals surface area contributed by atoms with Gasteiger partial charge in [-0.2, -0.15) is 0 Å². The molecule has 3 rings (SSSR count). The highest BCUT2D eigenvalue weighted by molar-refractivity contribution is 5.95. The minimum Gasteiger partial charge on any atom is -0.459 e. The lowest BCUT2D eigenvalue weighted by molar-refractivity contribution is -0.124. The van der Waals surface area contributed by atoms with E-state index in [0.29, 0.717) is 0 Å². The number of aryl methyl sites for hydroxylation is 1. The van der Waals surface area contributed by atoms with E-state index >= 15 is 0 Å². The van der Waals surface area contributed by atoms with Crippen molar-refractivity contribution in [3.8, 4) is 0 Å². The first-order valence-electron chi connectivity index (χ1n) is 8.79. The van der Waals surface area contributed by atoms with Crippen molar-refractivity contribution in [3.05, 3.63) is 59.5 Å². The molecule has 5 nitrogen and oxygen atoms in total. The summed E-state index contributed by atoms with van der Waals surface area (Å²) in [7, 11) is 0. The molecular weight excluding hydrogens is 316 g/mol. The Kier molecular flexibility index (Phi) is 5.22. The molecule has 0 unspecified atom stereocenters. The van der Waals surface area contributed by atoms with Crippen LogP contribution < -0.4 is 10.6 Å². The number of benzene rings is 1. The van der Waals surface area contributed by atoms with E-state index in [9.17, 15) is 9.59 Å². The van der Waals surface area contributed by atoms with E-state index in [-0.39, 0.29) is 29.5 Å². The van der Waals surface area contributed by atoms with E-state index in [1.165, 1.54) is 17.4 Å². The van der Waals surface area contributed by atoms with Gasteiger partial charge in [0.05, 0.1) is 12.3 Å². The number of amides is 2. The summed E-state index contributed by atoms with van der Waals surface area (Å²) >= 11 is 0. The Morgan fingerprint density at radius 2 is 1.96 bits per heavy atom. The van der Waals surface area contributed by atoms with Gasteiger partial charge >= 0.3 is 0 Å². The quantitative estimate of drug-likeness (QED) is 0.878. The number of hydrogen-bond acceptors (Lipinski definition) is 3. The fraction of sp³-hybridized carbons (Fsp3) is 0.400. The first-order valence-corrected chi connectivity index (χ1v) is 8.79. The molecule has 2 N–H and O–H groups in total. The Balaban J connectivity index is 1.71. The molecule has 5 heteroatoms. The molecule has 0 radical (unpaired) electrons. The zero-order valence-corrected chi connectivity index (χ0v) is 14.6. The summed E-state index contributed by atoms with van der Waals surface area (Å²) < 4.78 is 5.11. The van der Waals surface area contributed by atoms with Gasteiger partial charge in [-0.15, -0.1) is 0 Å². The highest BCUT2D eigenvalue weighted by atomic mass is 16.3. The Hall–Kier alpha value is -2.56. The monoisotopic (exact) mass is 340 g/mol. The van der Waals surface area contributed by atoms with Crippen LogP contribution >= 0.6 is 0 Å². The van der Waals surface area contributed by atoms with Gasteiger partial charge in [0.15, 0.2) is 5.76 Å². The van der Waals surface area contributed by atoms with Crippen LogP contribution in [0.5, 0.6) is 0 Å². The maximum absolute atomic E-state index is 12.8. The van der Waals surface area contributed by atoms with Crippen molar-refractivity contribution in [2.75, 3.05) is 0 Å². The summed E-state index contributed by atoms with van der Waals surface area (Å²) in [5.74, 6) is -0.348. The normalized spacial score (nSPS) is 17.6. The van der Waals surface area contributed by atoms with Crippen LogP contribution in [0, 0.1) is 5.92 Å². The third-order valence-electron chi connectivity index (χ3n) is 4.67. The largest absolute Gasteiger partial charge is 0.459 e. The van der Waals surface area contributed by atoms with E-state index in [1.54, 1.807) is 12.1 Å². The summed E-state index contributed by atoms with van der Waals surface area (Å²) in [6.45, 7) is 3.84. The Bertz CT molecular complexity index is 737. The highest BCUT2D eigenvalue weighted by Gasteiger charge is 2.29. The van der Waals surface area contributed by atoms with Crippen molar-refractivity contribution in [2.45, 2.75) is 45.2 Å². The summed E-state index contributed by atoms with van der Waals surface area (Å²) in [5.41, 5.74) is 2.47. The molecule has 2 atom stereocenters. The minimum absolute atomic E-state index is 0.000727. The zero-order chi connectivity index (χ0) is 17.8. The van der Waals surface area contributed by atoms with Crippen LogP contribution in [-0.4, -0.2) is 17.9 Å². The average Bonchev–Trinajstić information content (AvgIpc) is 3.14. The van der Waals surface area contributed by atoms with Crippen molar-refractivity contribution in [1.29, 1.82) is 0 Å². The average molecular weight is 340 g/mol. The molecule has 0 fully saturated rings. The lowest BCUT2D eigenvalue weighted by Gasteiger charge is -2.29. The first-order chi connectivity index (χ1) is 12.1. The summed E-state index contributed by atoms with van der Waals surface area (Å²) in [6.07, 6.45) is 4.45. The number of hydrogen-bond donors (Lipinski definition) is 2. The van der Waals surface area contributed by atoms with Crippen LogP contribution in [0.3, 0.4) is 0 Å². The molecule has 1 aromatic heterocycles. The second-order valence-electron chi connectivity index (χ2n) is 6.82. The van der Waals surface area contributed by atoms with Gasteiger partial charge in [0.25, 0.3) is 5.91 Å². The smallest absolute Gasteiger partial charge is 0.287 e. The third kappa shape index (κ3) is 3.92. The molecule has 0 bridgehead atoms. The number of carbonyl (C=O) groups is 2. The predicted molar refractivity (Wildman–Crippen MR) is 95.1 cm³/mol. The molecule has 1 aromatic carbocycles. The number of fused-ring (bicyclic) bond motifs is 1. The van der Waals surface area contributed by atoms with Crippen molar-refractivity contribution in [2.24, 2.45) is 5.92 Å². The first kappa shape index (κ1) is 17.3. The second kappa shape index (κ2) is 7.55. The molecular formula is C20H24N2O3. The van der Waals surface area contributed by atoms with Crippen LogP contribution in [0.25, 0.3) is 0 Å². The summed E-state index contributed by atoms with van der Waals surface area (Å²) in [6, 6.07) is 10.9. The van der Waals surface area contributed by atoms with Gasteiger partial charge in [0.2, 0.25) is 5.91 Å². The molecule has 1 aliphatic carbocycles. The van der Waals surface area contributed by atoms with Crippen LogP contribution in [0.15, 0.2) is 47.1 Å². The fourth-order valence-corrected chi connectivity index (χ4v) is 3.32. The van der Waals surface area contributed by atoms with Gasteiger partial charge in [-0.05, 0) is 48.4 Å². The van der Waals surface area contributed by atoms with Crippen molar-refractivity contribution in [3.63, 3.8) is 0 Å². The molecule has 2 amide bonds. The van der Waals surface area contributed by atoms with Gasteiger partial charge in [0.1, 0.15) is 6.04 Å². The number of nitrogens with one attached hydrogen (secondary N) is 2. The Morgan fingerprint density at radius 3 is 2.68 bits per heavy atom. The van der Waals surface area contributed by atoms with E-state index < -0.39 is 6.04 Å². The van der Waals surface area contributed by atoms with E-state index in [4.69, 9.17) is 4.42 Å². The van der Waals surface area contributed by atoms with Gasteiger partial charge in [-0.3, -0.25) is 9.59 Å². The maximum Gasteiger partial charge on any atom is 0.287 e. The van der Waals surface area contributed by atoms with Crippen molar-refractivity contribution in [1.82, 2.24) is 10.6 Å². The molecule has 0 saturated carbocycles. The number of rotatable bonds is 5. The standard InChI is InChI=1S/C20H24N2O3/c1-13(2)18(22-19(23)17-11-6-12-25-17)20(24)21-16-10-5-8-14-7-3-4-9-15(14)16/h3-4,6-7,9,11-13,16,18H,5,8,10H2,1-2H3,(H,21,24)(H,22,23)/t16-,18-/m0/s1. The van der Waals surface area contributed by atoms with Crippen LogP contribution in [-0.2, 0) is 11.2 Å². The Labute approximate surface area is 147 Å². The summed E-state index contributed by atoms with van der Waals surface area (Å²) in [5, 5.41) is 5.91. The van der Waals surface area contributed by atoms with Crippen LogP contribution in [0.2, 0.25) is 0 Å². The van der Waals surface area contributed by atoms with Crippen molar-refractivity contribution >= 4 is 11.8 Å². The molecule has 0 spiro atoms. The molecule has 1 aliphatic rings. The maximum atomic E-state index is 12.8. The molecule has 132 valence electrons. The predicted octanol–water partition coefficient (Wildman–Crippen LogP) is 3.23. The van der Waals surface area contributed by atoms with Gasteiger partial charge in [-0.1, -0.05) is 38.1 Å². The van der Waals surface area contributed by atoms with Gasteiger partial charge < -0.3 is 15.1 Å². The topological polar surface area (TPSA) is 71.3 Å². The zero-order valence-electron chi connectivity index (χ0n) is 14.6. The van der Waals surface area contributed by atoms with E-state index in [0.717, 1.165) is 19.3 Å². The molecule has 1 heterocycles. The van der Waals surface area contributed by atoms with Crippen LogP contribution in [0.4, 0.5) is 0 Å². The van der Waals surface area contributed by atoms with Crippen LogP contribution in [0.1, 0.15) is 54.4 Å². The van der Waals surface area contributed by atoms with E-state index in [2.05, 4.69) is 22.8 Å². The number of carbonyl (C=O) groups excluding carboxylic acids is 2. The molecule has 0 aliphatic heterocycles. The van der Waals surface area contributed by atoms with E-state index in [1.807, 2.05) is 26.0 Å². The second-order valence-corrected chi connectivity index (χ2v) is 6.82. The fourth-order valence-electron chi connectivity index (χ4n) is 3.32. The number of furan rings is 1. The molecule has 2 aromatic rings. The highest BCUT2D eigenvalue weighted by Crippen LogP contribution is 2.29. The third-order valence-corrected chi connectivity index (χ3v) is 4.67. The Morgan fingerprint density at radius 1 is 1.16 bits per heavy atom. The SMILES string of the molecule is CC(C)[C@H](NC(=O)c1ccco1)C(=O)N[C@H]1CCCc2ccccc21. The van der Waals surface area contributed by atoms with Gasteiger partial charge in [0, 0.05) is 0 Å². The lowest BCUT2D eigenvalue weighted by atomic mass is 9.87. The summed E-state index contributed by atoms with van der Waals surface area (Å²) in [4.78, 5) is 25.0. The minimum atomic E-state index is -0.605. The van der Waals surface area contributed by atoms with Crippen molar-refractivity contribution < 1.29 is 14.0 Å². The molecule has 25 heavy (non-hydrogen) atoms. The molecule has 0 saturated heterocycles.